The average molecular weight is 154 g/mol. The predicted molar refractivity (Wildman–Crippen MR) is 47.6 cm³/mol. The lowest BCUT2D eigenvalue weighted by Crippen LogP contribution is -2.33. The van der Waals surface area contributed by atoms with Crippen LogP contribution in [-0.2, 0) is 4.74 Å². The number of rotatable bonds is 0. The van der Waals surface area contributed by atoms with Gasteiger partial charge in [-0.15, -0.1) is 0 Å². The Balaban J connectivity index is 2.53. The lowest BCUT2D eigenvalue weighted by molar-refractivity contribution is -0.0313. The van der Waals surface area contributed by atoms with Crippen molar-refractivity contribution in [1.82, 2.24) is 0 Å². The third-order valence-corrected chi connectivity index (χ3v) is 2.21. The van der Waals surface area contributed by atoms with Gasteiger partial charge in [0.2, 0.25) is 0 Å². The summed E-state index contributed by atoms with van der Waals surface area (Å²) in [6, 6.07) is 0. The first-order chi connectivity index (χ1) is 5.00. The summed E-state index contributed by atoms with van der Waals surface area (Å²) in [7, 11) is 0. The molecule has 0 aromatic rings. The Labute approximate surface area is 69.4 Å². The molecule has 1 saturated heterocycles. The van der Waals surface area contributed by atoms with Crippen molar-refractivity contribution < 1.29 is 4.74 Å². The van der Waals surface area contributed by atoms with Crippen LogP contribution < -0.4 is 0 Å². The van der Waals surface area contributed by atoms with E-state index in [1.54, 1.807) is 0 Å². The molecule has 0 N–H and O–H groups in total. The maximum atomic E-state index is 5.65. The highest BCUT2D eigenvalue weighted by molar-refractivity contribution is 5.01. The number of ether oxygens (including phenoxy) is 1. The summed E-state index contributed by atoms with van der Waals surface area (Å²) in [6.45, 7) is 11.5. The molecule has 1 fully saturated rings. The van der Waals surface area contributed by atoms with Crippen LogP contribution >= 0.6 is 0 Å². The summed E-state index contributed by atoms with van der Waals surface area (Å²) in [6.07, 6.45) is 2.47. The van der Waals surface area contributed by atoms with Gasteiger partial charge in [0.15, 0.2) is 0 Å². The van der Waals surface area contributed by atoms with Crippen LogP contribution in [0.1, 0.15) is 33.6 Å². The van der Waals surface area contributed by atoms with Crippen LogP contribution in [0.4, 0.5) is 0 Å². The zero-order chi connectivity index (χ0) is 8.48. The van der Waals surface area contributed by atoms with Crippen LogP contribution in [0.25, 0.3) is 0 Å². The van der Waals surface area contributed by atoms with Crippen molar-refractivity contribution in [3.05, 3.63) is 12.2 Å². The van der Waals surface area contributed by atoms with Gasteiger partial charge in [-0.2, -0.15) is 0 Å². The molecule has 1 nitrogen and oxygen atoms in total. The van der Waals surface area contributed by atoms with E-state index in [9.17, 15) is 0 Å². The van der Waals surface area contributed by atoms with E-state index in [-0.39, 0.29) is 5.41 Å². The van der Waals surface area contributed by atoms with Crippen LogP contribution in [0.3, 0.4) is 0 Å². The second kappa shape index (κ2) is 2.98. The quantitative estimate of drug-likeness (QED) is 0.487. The second-order valence-corrected chi connectivity index (χ2v) is 4.43. The molecule has 0 bridgehead atoms. The zero-order valence-corrected chi connectivity index (χ0v) is 7.81. The normalized spacial score (nSPS) is 27.2. The van der Waals surface area contributed by atoms with E-state index in [1.165, 1.54) is 5.57 Å². The SMILES string of the molecule is C=C1CCO[C@@H](C(C)(C)C)C1. The summed E-state index contributed by atoms with van der Waals surface area (Å²) < 4.78 is 5.65. The molecule has 0 amide bonds. The molecule has 11 heavy (non-hydrogen) atoms. The minimum atomic E-state index is 0.267. The van der Waals surface area contributed by atoms with E-state index < -0.39 is 0 Å². The minimum absolute atomic E-state index is 0.267. The Morgan fingerprint density at radius 2 is 2.09 bits per heavy atom. The first kappa shape index (κ1) is 8.79. The molecule has 0 unspecified atom stereocenters. The Morgan fingerprint density at radius 3 is 2.45 bits per heavy atom. The van der Waals surface area contributed by atoms with Gasteiger partial charge < -0.3 is 4.74 Å². The summed E-state index contributed by atoms with van der Waals surface area (Å²) in [5.74, 6) is 0. The van der Waals surface area contributed by atoms with Gasteiger partial charge in [0, 0.05) is 0 Å². The summed E-state index contributed by atoms with van der Waals surface area (Å²) >= 11 is 0. The molecule has 0 spiro atoms. The van der Waals surface area contributed by atoms with E-state index >= 15 is 0 Å². The highest BCUT2D eigenvalue weighted by Gasteiger charge is 2.28. The number of hydrogen-bond acceptors (Lipinski definition) is 1. The standard InChI is InChI=1S/C10H18O/c1-8-5-6-11-9(7-8)10(2,3)4/h9H,1,5-7H2,2-4H3/t9-/m1/s1. The van der Waals surface area contributed by atoms with Crippen molar-refractivity contribution in [1.29, 1.82) is 0 Å². The molecule has 0 radical (unpaired) electrons. The van der Waals surface area contributed by atoms with Crippen molar-refractivity contribution in [3.63, 3.8) is 0 Å². The van der Waals surface area contributed by atoms with Crippen LogP contribution in [0.5, 0.6) is 0 Å². The Bertz CT molecular complexity index is 153. The molecule has 64 valence electrons. The molecule has 0 saturated carbocycles. The molecule has 1 rings (SSSR count). The summed E-state index contributed by atoms with van der Waals surface area (Å²) in [5.41, 5.74) is 1.61. The molecule has 1 heterocycles. The number of hydrogen-bond donors (Lipinski definition) is 0. The van der Waals surface area contributed by atoms with Gasteiger partial charge >= 0.3 is 0 Å². The molecule has 0 aromatic heterocycles. The second-order valence-electron chi connectivity index (χ2n) is 4.43. The van der Waals surface area contributed by atoms with Crippen molar-refractivity contribution in [2.24, 2.45) is 5.41 Å². The van der Waals surface area contributed by atoms with Crippen LogP contribution in [0.2, 0.25) is 0 Å². The first-order valence-electron chi connectivity index (χ1n) is 4.28. The average Bonchev–Trinajstić information content (AvgIpc) is 1.86. The highest BCUT2D eigenvalue weighted by atomic mass is 16.5. The molecule has 1 aliphatic heterocycles. The molecule has 1 aliphatic rings. The van der Waals surface area contributed by atoms with Gasteiger partial charge in [0.25, 0.3) is 0 Å². The Kier molecular flexibility index (Phi) is 2.38. The minimum Gasteiger partial charge on any atom is -0.377 e. The van der Waals surface area contributed by atoms with Crippen molar-refractivity contribution in [2.75, 3.05) is 6.61 Å². The fraction of sp³-hybridized carbons (Fsp3) is 0.800. The van der Waals surface area contributed by atoms with Gasteiger partial charge in [-0.25, -0.2) is 0 Å². The topological polar surface area (TPSA) is 9.23 Å². The van der Waals surface area contributed by atoms with Gasteiger partial charge in [0.1, 0.15) is 0 Å². The third-order valence-electron chi connectivity index (χ3n) is 2.21. The molecular formula is C10H18O. The van der Waals surface area contributed by atoms with Gasteiger partial charge in [-0.3, -0.25) is 0 Å². The summed E-state index contributed by atoms with van der Waals surface area (Å²) in [5, 5.41) is 0. The van der Waals surface area contributed by atoms with E-state index in [1.807, 2.05) is 0 Å². The molecule has 0 aliphatic carbocycles. The third kappa shape index (κ3) is 2.33. The van der Waals surface area contributed by atoms with E-state index in [2.05, 4.69) is 27.4 Å². The maximum absolute atomic E-state index is 5.65. The Morgan fingerprint density at radius 1 is 1.45 bits per heavy atom. The largest absolute Gasteiger partial charge is 0.377 e. The first-order valence-corrected chi connectivity index (χ1v) is 4.28. The molecule has 1 atom stereocenters. The smallest absolute Gasteiger partial charge is 0.0660 e. The van der Waals surface area contributed by atoms with Crippen molar-refractivity contribution >= 4 is 0 Å². The summed E-state index contributed by atoms with van der Waals surface area (Å²) in [4.78, 5) is 0. The van der Waals surface area contributed by atoms with E-state index in [0.717, 1.165) is 19.4 Å². The highest BCUT2D eigenvalue weighted by Crippen LogP contribution is 2.31. The lowest BCUT2D eigenvalue weighted by Gasteiger charge is -2.34. The van der Waals surface area contributed by atoms with Gasteiger partial charge in [-0.05, 0) is 18.3 Å². The molecule has 0 aromatic carbocycles. The lowest BCUT2D eigenvalue weighted by atomic mass is 9.84. The fourth-order valence-corrected chi connectivity index (χ4v) is 1.32. The van der Waals surface area contributed by atoms with Crippen molar-refractivity contribution in [2.45, 2.75) is 39.7 Å². The van der Waals surface area contributed by atoms with Crippen LogP contribution in [-0.4, -0.2) is 12.7 Å². The monoisotopic (exact) mass is 154 g/mol. The van der Waals surface area contributed by atoms with Crippen LogP contribution in [0.15, 0.2) is 12.2 Å². The zero-order valence-electron chi connectivity index (χ0n) is 7.81. The van der Waals surface area contributed by atoms with Gasteiger partial charge in [0.05, 0.1) is 12.7 Å². The molecular weight excluding hydrogens is 136 g/mol. The van der Waals surface area contributed by atoms with E-state index in [4.69, 9.17) is 4.74 Å². The molecule has 1 heteroatoms. The maximum Gasteiger partial charge on any atom is 0.0660 e. The predicted octanol–water partition coefficient (Wildman–Crippen LogP) is 2.77. The van der Waals surface area contributed by atoms with Crippen molar-refractivity contribution in [3.8, 4) is 0 Å². The van der Waals surface area contributed by atoms with Gasteiger partial charge in [-0.1, -0.05) is 32.9 Å². The Hall–Kier alpha value is -0.300. The van der Waals surface area contributed by atoms with Crippen LogP contribution in [0, 0.1) is 5.41 Å². The van der Waals surface area contributed by atoms with E-state index in [0.29, 0.717) is 6.10 Å². The fourth-order valence-electron chi connectivity index (χ4n) is 1.32.